The zero-order valence-electron chi connectivity index (χ0n) is 16.8. The van der Waals surface area contributed by atoms with E-state index in [2.05, 4.69) is 34.1 Å². The number of amides is 2. The van der Waals surface area contributed by atoms with Crippen molar-refractivity contribution in [2.24, 2.45) is 0 Å². The number of benzene rings is 2. The highest BCUT2D eigenvalue weighted by atomic mass is 16.2. The number of hydrogen-bond acceptors (Lipinski definition) is 1. The first-order chi connectivity index (χ1) is 13.8. The molecule has 0 saturated heterocycles. The quantitative estimate of drug-likeness (QED) is 0.576. The summed E-state index contributed by atoms with van der Waals surface area (Å²) in [4.78, 5) is 18.3. The van der Waals surface area contributed by atoms with E-state index in [4.69, 9.17) is 0 Å². The molecule has 0 aliphatic heterocycles. The van der Waals surface area contributed by atoms with Crippen LogP contribution in [-0.2, 0) is 0 Å². The first-order valence-electron chi connectivity index (χ1n) is 11.1. The van der Waals surface area contributed by atoms with Gasteiger partial charge in [-0.05, 0) is 49.9 Å². The maximum Gasteiger partial charge on any atom is 0.329 e. The lowest BCUT2D eigenvalue weighted by atomic mass is 9.92. The second-order valence-electron chi connectivity index (χ2n) is 8.28. The largest absolute Gasteiger partial charge is 0.329 e. The van der Waals surface area contributed by atoms with Gasteiger partial charge in [0, 0.05) is 23.5 Å². The summed E-state index contributed by atoms with van der Waals surface area (Å²) in [5, 5.41) is 0. The molecule has 4 rings (SSSR count). The molecule has 2 aromatic rings. The third-order valence-corrected chi connectivity index (χ3v) is 6.36. The van der Waals surface area contributed by atoms with Crippen LogP contribution >= 0.6 is 0 Å². The Morgan fingerprint density at radius 1 is 0.571 bits per heavy atom. The molecule has 0 spiro atoms. The third kappa shape index (κ3) is 4.24. The molecule has 2 aliphatic rings. The van der Waals surface area contributed by atoms with Gasteiger partial charge in [-0.25, -0.2) is 4.79 Å². The molecule has 3 heteroatoms. The molecule has 2 amide bonds. The lowest BCUT2D eigenvalue weighted by molar-refractivity contribution is 0.241. The van der Waals surface area contributed by atoms with Crippen molar-refractivity contribution in [3.05, 3.63) is 60.7 Å². The van der Waals surface area contributed by atoms with Gasteiger partial charge in [-0.1, -0.05) is 74.9 Å². The summed E-state index contributed by atoms with van der Waals surface area (Å²) in [6.07, 6.45) is 11.9. The lowest BCUT2D eigenvalue weighted by Crippen LogP contribution is -2.53. The van der Waals surface area contributed by atoms with Gasteiger partial charge >= 0.3 is 6.03 Å². The van der Waals surface area contributed by atoms with Crippen LogP contribution in [0.15, 0.2) is 60.7 Å². The molecular weight excluding hydrogens is 344 g/mol. The SMILES string of the molecule is O=C(N(c1ccccc1)C1CCCCC1)N(c1ccccc1)C1CCCCC1. The van der Waals surface area contributed by atoms with Gasteiger partial charge < -0.3 is 0 Å². The van der Waals surface area contributed by atoms with E-state index >= 15 is 0 Å². The highest BCUT2D eigenvalue weighted by Crippen LogP contribution is 2.33. The Bertz CT molecular complexity index is 670. The summed E-state index contributed by atoms with van der Waals surface area (Å²) in [5.41, 5.74) is 2.08. The molecular formula is C25H32N2O. The van der Waals surface area contributed by atoms with Crippen molar-refractivity contribution in [3.8, 4) is 0 Å². The van der Waals surface area contributed by atoms with Crippen molar-refractivity contribution in [2.45, 2.75) is 76.3 Å². The fourth-order valence-corrected chi connectivity index (χ4v) is 4.93. The van der Waals surface area contributed by atoms with Gasteiger partial charge in [0.2, 0.25) is 0 Å². The Morgan fingerprint density at radius 2 is 0.929 bits per heavy atom. The molecule has 148 valence electrons. The smallest absolute Gasteiger partial charge is 0.291 e. The minimum Gasteiger partial charge on any atom is -0.291 e. The number of anilines is 2. The summed E-state index contributed by atoms with van der Waals surface area (Å²) in [7, 11) is 0. The molecule has 0 unspecified atom stereocenters. The molecule has 3 nitrogen and oxygen atoms in total. The van der Waals surface area contributed by atoms with Crippen LogP contribution in [0.3, 0.4) is 0 Å². The summed E-state index contributed by atoms with van der Waals surface area (Å²) in [6.45, 7) is 0. The van der Waals surface area contributed by atoms with E-state index in [1.807, 2.05) is 36.4 Å². The monoisotopic (exact) mass is 376 g/mol. The lowest BCUT2D eigenvalue weighted by Gasteiger charge is -2.41. The predicted octanol–water partition coefficient (Wildman–Crippen LogP) is 6.79. The van der Waals surface area contributed by atoms with Crippen LogP contribution < -0.4 is 9.80 Å². The Kier molecular flexibility index (Phi) is 6.31. The predicted molar refractivity (Wildman–Crippen MR) is 117 cm³/mol. The van der Waals surface area contributed by atoms with E-state index in [0.717, 1.165) is 37.1 Å². The molecule has 0 atom stereocenters. The minimum absolute atomic E-state index is 0.163. The first-order valence-corrected chi connectivity index (χ1v) is 11.1. The van der Waals surface area contributed by atoms with Gasteiger partial charge in [0.05, 0.1) is 0 Å². The van der Waals surface area contributed by atoms with Crippen molar-refractivity contribution < 1.29 is 4.79 Å². The van der Waals surface area contributed by atoms with E-state index in [1.54, 1.807) is 0 Å². The van der Waals surface area contributed by atoms with Crippen LogP contribution in [0.2, 0.25) is 0 Å². The van der Waals surface area contributed by atoms with Crippen molar-refractivity contribution in [1.29, 1.82) is 0 Å². The zero-order valence-corrected chi connectivity index (χ0v) is 16.8. The molecule has 2 fully saturated rings. The fraction of sp³-hybridized carbons (Fsp3) is 0.480. The molecule has 0 bridgehead atoms. The maximum absolute atomic E-state index is 14.1. The Labute approximate surface area is 169 Å². The average Bonchev–Trinajstić information content (AvgIpc) is 2.77. The van der Waals surface area contributed by atoms with Crippen molar-refractivity contribution >= 4 is 17.4 Å². The van der Waals surface area contributed by atoms with E-state index in [9.17, 15) is 4.79 Å². The summed E-state index contributed by atoms with van der Waals surface area (Å²) < 4.78 is 0. The van der Waals surface area contributed by atoms with E-state index in [-0.39, 0.29) is 6.03 Å². The second kappa shape index (κ2) is 9.27. The van der Waals surface area contributed by atoms with Gasteiger partial charge in [-0.15, -0.1) is 0 Å². The fourth-order valence-electron chi connectivity index (χ4n) is 4.93. The molecule has 2 saturated carbocycles. The van der Waals surface area contributed by atoms with E-state index in [1.165, 1.54) is 38.5 Å². The topological polar surface area (TPSA) is 23.6 Å². The molecule has 2 aliphatic carbocycles. The number of urea groups is 1. The Morgan fingerprint density at radius 3 is 1.29 bits per heavy atom. The van der Waals surface area contributed by atoms with Crippen LogP contribution in [0.5, 0.6) is 0 Å². The summed E-state index contributed by atoms with van der Waals surface area (Å²) in [5.74, 6) is 0. The van der Waals surface area contributed by atoms with Crippen LogP contribution in [0.1, 0.15) is 64.2 Å². The van der Waals surface area contributed by atoms with E-state index < -0.39 is 0 Å². The summed E-state index contributed by atoms with van der Waals surface area (Å²) in [6, 6.07) is 21.4. The number of nitrogens with zero attached hydrogens (tertiary/aromatic N) is 2. The molecule has 0 N–H and O–H groups in total. The average molecular weight is 377 g/mol. The van der Waals surface area contributed by atoms with Crippen molar-refractivity contribution in [2.75, 3.05) is 9.80 Å². The summed E-state index contributed by atoms with van der Waals surface area (Å²) >= 11 is 0. The Balaban J connectivity index is 1.70. The number of carbonyl (C=O) groups is 1. The zero-order chi connectivity index (χ0) is 19.2. The van der Waals surface area contributed by atoms with Crippen molar-refractivity contribution in [3.63, 3.8) is 0 Å². The van der Waals surface area contributed by atoms with Crippen LogP contribution in [-0.4, -0.2) is 18.1 Å². The number of carbonyl (C=O) groups excluding carboxylic acids is 1. The van der Waals surface area contributed by atoms with Gasteiger partial charge in [0.25, 0.3) is 0 Å². The van der Waals surface area contributed by atoms with Gasteiger partial charge in [-0.3, -0.25) is 9.80 Å². The number of rotatable bonds is 4. The molecule has 0 aromatic heterocycles. The van der Waals surface area contributed by atoms with Crippen LogP contribution in [0, 0.1) is 0 Å². The highest BCUT2D eigenvalue weighted by Gasteiger charge is 2.34. The number of hydrogen-bond donors (Lipinski definition) is 0. The molecule has 28 heavy (non-hydrogen) atoms. The normalized spacial score (nSPS) is 18.6. The van der Waals surface area contributed by atoms with E-state index in [0.29, 0.717) is 12.1 Å². The van der Waals surface area contributed by atoms with Gasteiger partial charge in [0.1, 0.15) is 0 Å². The van der Waals surface area contributed by atoms with Crippen LogP contribution in [0.25, 0.3) is 0 Å². The number of para-hydroxylation sites is 2. The van der Waals surface area contributed by atoms with Gasteiger partial charge in [-0.2, -0.15) is 0 Å². The Hall–Kier alpha value is -2.29. The second-order valence-corrected chi connectivity index (χ2v) is 8.28. The molecule has 2 aromatic carbocycles. The van der Waals surface area contributed by atoms with Crippen LogP contribution in [0.4, 0.5) is 16.2 Å². The van der Waals surface area contributed by atoms with Gasteiger partial charge in [0.15, 0.2) is 0 Å². The highest BCUT2D eigenvalue weighted by molar-refractivity contribution is 6.04. The molecule has 0 heterocycles. The molecule has 0 radical (unpaired) electrons. The maximum atomic E-state index is 14.1. The minimum atomic E-state index is 0.163. The van der Waals surface area contributed by atoms with Crippen molar-refractivity contribution in [1.82, 2.24) is 0 Å². The third-order valence-electron chi connectivity index (χ3n) is 6.36. The first kappa shape index (κ1) is 19.0. The standard InChI is InChI=1S/C25H32N2O/c28-25(26(21-13-5-1-6-14-21)22-15-7-2-8-16-22)27(23-17-9-3-10-18-23)24-19-11-4-12-20-24/h1,3,5-6,9-10,13-14,17-18,22,24H,2,4,7-8,11-12,15-16,19-20H2.